The fraction of sp³-hybridized carbons (Fsp3) is 0.304. The quantitative estimate of drug-likeness (QED) is 0.463. The summed E-state index contributed by atoms with van der Waals surface area (Å²) in [5, 5.41) is 4.77. The van der Waals surface area contributed by atoms with Crippen molar-refractivity contribution in [3.8, 4) is 0 Å². The van der Waals surface area contributed by atoms with Crippen LogP contribution in [0, 0.1) is 0 Å². The van der Waals surface area contributed by atoms with E-state index >= 15 is 0 Å². The van der Waals surface area contributed by atoms with Crippen LogP contribution in [-0.2, 0) is 19.0 Å². The van der Waals surface area contributed by atoms with Gasteiger partial charge in [0.25, 0.3) is 11.8 Å². The predicted octanol–water partition coefficient (Wildman–Crippen LogP) is 6.52. The molecular weight excluding hydrogens is 441 g/mol. The number of anilines is 2. The van der Waals surface area contributed by atoms with E-state index in [0.29, 0.717) is 4.88 Å². The molecule has 0 saturated carbocycles. The fourth-order valence-electron chi connectivity index (χ4n) is 3.71. The third-order valence-corrected chi connectivity index (χ3v) is 6.53. The van der Waals surface area contributed by atoms with Gasteiger partial charge >= 0.3 is 6.18 Å². The molecular formula is C23H21F3N2O3S. The van der Waals surface area contributed by atoms with Gasteiger partial charge < -0.3 is 15.1 Å². The van der Waals surface area contributed by atoms with Crippen LogP contribution in [0.3, 0.4) is 0 Å². The number of carbonyl (C=O) groups excluding carboxylic acids is 2. The Morgan fingerprint density at radius 1 is 0.938 bits per heavy atom. The molecule has 0 aliphatic heterocycles. The van der Waals surface area contributed by atoms with E-state index in [2.05, 4.69) is 10.6 Å². The summed E-state index contributed by atoms with van der Waals surface area (Å²) in [5.41, 5.74) is -0.347. The molecule has 4 rings (SSSR count). The molecule has 0 unspecified atom stereocenters. The normalized spacial score (nSPS) is 14.2. The first-order valence-electron chi connectivity index (χ1n) is 10.3. The van der Waals surface area contributed by atoms with Crippen LogP contribution in [0.2, 0.25) is 0 Å². The Labute approximate surface area is 186 Å². The van der Waals surface area contributed by atoms with E-state index in [1.165, 1.54) is 35.8 Å². The number of thiophene rings is 1. The zero-order valence-corrected chi connectivity index (χ0v) is 17.9. The van der Waals surface area contributed by atoms with Crippen molar-refractivity contribution in [3.05, 3.63) is 69.3 Å². The Kier molecular flexibility index (Phi) is 6.36. The molecule has 0 fully saturated rings. The lowest BCUT2D eigenvalue weighted by Crippen LogP contribution is -2.17. The van der Waals surface area contributed by atoms with Crippen molar-refractivity contribution in [1.82, 2.24) is 0 Å². The molecule has 3 aromatic rings. The first-order valence-corrected chi connectivity index (χ1v) is 11.1. The maximum absolute atomic E-state index is 13.7. The number of benzene rings is 1. The lowest BCUT2D eigenvalue weighted by atomic mass is 10.00. The minimum atomic E-state index is -4.72. The van der Waals surface area contributed by atoms with Crippen LogP contribution in [0.4, 0.5) is 24.5 Å². The van der Waals surface area contributed by atoms with Gasteiger partial charge in [-0.25, -0.2) is 0 Å². The summed E-state index contributed by atoms with van der Waals surface area (Å²) >= 11 is 1.35. The van der Waals surface area contributed by atoms with Gasteiger partial charge in [-0.15, -0.1) is 11.3 Å². The van der Waals surface area contributed by atoms with Crippen LogP contribution in [0.15, 0.2) is 47.1 Å². The molecule has 2 amide bonds. The van der Waals surface area contributed by atoms with Gasteiger partial charge in [0.1, 0.15) is 0 Å². The van der Waals surface area contributed by atoms with Crippen molar-refractivity contribution in [3.63, 3.8) is 0 Å². The first kappa shape index (κ1) is 22.1. The third kappa shape index (κ3) is 5.04. The van der Waals surface area contributed by atoms with E-state index < -0.39 is 23.6 Å². The summed E-state index contributed by atoms with van der Waals surface area (Å²) in [6.45, 7) is 0. The van der Waals surface area contributed by atoms with Crippen LogP contribution in [0.1, 0.15) is 61.9 Å². The lowest BCUT2D eigenvalue weighted by Gasteiger charge is -2.15. The highest BCUT2D eigenvalue weighted by atomic mass is 32.1. The Balaban J connectivity index is 1.55. The molecule has 2 heterocycles. The van der Waals surface area contributed by atoms with E-state index in [1.807, 2.05) is 0 Å². The van der Waals surface area contributed by atoms with Crippen LogP contribution in [0.25, 0.3) is 0 Å². The number of carbonyl (C=O) groups is 2. The average molecular weight is 462 g/mol. The minimum Gasteiger partial charge on any atom is -0.459 e. The number of nitrogens with one attached hydrogen (secondary N) is 2. The molecule has 9 heteroatoms. The first-order chi connectivity index (χ1) is 15.3. The third-order valence-electron chi connectivity index (χ3n) is 5.30. The van der Waals surface area contributed by atoms with E-state index in [4.69, 9.17) is 4.42 Å². The van der Waals surface area contributed by atoms with Crippen molar-refractivity contribution in [2.24, 2.45) is 0 Å². The predicted molar refractivity (Wildman–Crippen MR) is 116 cm³/mol. The molecule has 0 radical (unpaired) electrons. The Hall–Kier alpha value is -3.07. The highest BCUT2D eigenvalue weighted by molar-refractivity contribution is 7.14. The molecule has 2 N–H and O–H groups in total. The second kappa shape index (κ2) is 9.20. The number of fused-ring (bicyclic) bond motifs is 1. The smallest absolute Gasteiger partial charge is 0.418 e. The van der Waals surface area contributed by atoms with Crippen molar-refractivity contribution in [1.29, 1.82) is 0 Å². The summed E-state index contributed by atoms with van der Waals surface area (Å²) in [7, 11) is 0. The van der Waals surface area contributed by atoms with Crippen molar-refractivity contribution in [2.45, 2.75) is 44.7 Å². The number of hydrogen-bond donors (Lipinski definition) is 2. The highest BCUT2D eigenvalue weighted by Crippen LogP contribution is 2.37. The zero-order valence-electron chi connectivity index (χ0n) is 17.1. The van der Waals surface area contributed by atoms with Gasteiger partial charge in [0, 0.05) is 10.6 Å². The largest absolute Gasteiger partial charge is 0.459 e. The number of hydrogen-bond acceptors (Lipinski definition) is 4. The molecule has 1 aliphatic carbocycles. The zero-order chi connectivity index (χ0) is 22.7. The lowest BCUT2D eigenvalue weighted by molar-refractivity contribution is -0.136. The Bertz CT molecular complexity index is 1090. The van der Waals surface area contributed by atoms with Crippen LogP contribution < -0.4 is 10.6 Å². The Morgan fingerprint density at radius 2 is 1.72 bits per heavy atom. The van der Waals surface area contributed by atoms with Crippen molar-refractivity contribution in [2.75, 3.05) is 10.6 Å². The molecule has 1 aromatic carbocycles. The van der Waals surface area contributed by atoms with Crippen LogP contribution in [0.5, 0.6) is 0 Å². The van der Waals surface area contributed by atoms with E-state index in [-0.39, 0.29) is 17.1 Å². The molecule has 0 atom stereocenters. The monoisotopic (exact) mass is 462 g/mol. The van der Waals surface area contributed by atoms with Gasteiger partial charge in [-0.1, -0.05) is 12.8 Å². The topological polar surface area (TPSA) is 71.3 Å². The molecule has 2 aromatic heterocycles. The molecule has 5 nitrogen and oxygen atoms in total. The van der Waals surface area contributed by atoms with Gasteiger partial charge in [-0.05, 0) is 67.6 Å². The number of alkyl halides is 3. The van der Waals surface area contributed by atoms with Gasteiger partial charge in [0.15, 0.2) is 5.76 Å². The second-order valence-electron chi connectivity index (χ2n) is 7.62. The van der Waals surface area contributed by atoms with Crippen LogP contribution in [-0.4, -0.2) is 11.8 Å². The number of halogens is 3. The van der Waals surface area contributed by atoms with Gasteiger partial charge in [-0.3, -0.25) is 9.59 Å². The number of amides is 2. The molecule has 0 spiro atoms. The van der Waals surface area contributed by atoms with Gasteiger partial charge in [0.05, 0.1) is 22.4 Å². The maximum atomic E-state index is 13.7. The summed E-state index contributed by atoms with van der Waals surface area (Å²) in [4.78, 5) is 26.4. The summed E-state index contributed by atoms with van der Waals surface area (Å²) in [5.74, 6) is -1.26. The maximum Gasteiger partial charge on any atom is 0.418 e. The molecule has 0 bridgehead atoms. The number of furan rings is 1. The van der Waals surface area contributed by atoms with Crippen molar-refractivity contribution < 1.29 is 27.2 Å². The number of rotatable bonds is 4. The number of aryl methyl sites for hydroxylation is 2. The van der Waals surface area contributed by atoms with E-state index in [1.54, 1.807) is 6.07 Å². The summed E-state index contributed by atoms with van der Waals surface area (Å²) in [6.07, 6.45) is 2.75. The van der Waals surface area contributed by atoms with Crippen LogP contribution >= 0.6 is 11.3 Å². The van der Waals surface area contributed by atoms with E-state index in [0.717, 1.165) is 61.1 Å². The molecule has 32 heavy (non-hydrogen) atoms. The molecule has 168 valence electrons. The van der Waals surface area contributed by atoms with Gasteiger partial charge in [-0.2, -0.15) is 13.2 Å². The van der Waals surface area contributed by atoms with Gasteiger partial charge in [0.2, 0.25) is 0 Å². The SMILES string of the molecule is O=C(Nc1ccc(NC(=O)c2cc3c(s2)CCCCCC3)c(C(F)(F)F)c1)c1ccco1. The minimum absolute atomic E-state index is 0.0239. The van der Waals surface area contributed by atoms with E-state index in [9.17, 15) is 22.8 Å². The standard InChI is InChI=1S/C23H21F3N2O3S/c24-23(25,26)16-13-15(27-21(29)18-7-5-11-31-18)9-10-17(16)28-22(30)20-12-14-6-3-1-2-4-8-19(14)32-20/h5,7,9-13H,1-4,6,8H2,(H,27,29)(H,28,30). The fourth-order valence-corrected chi connectivity index (χ4v) is 4.85. The average Bonchev–Trinajstić information content (AvgIpc) is 3.39. The Morgan fingerprint density at radius 3 is 2.44 bits per heavy atom. The molecule has 0 saturated heterocycles. The van der Waals surface area contributed by atoms with Crippen molar-refractivity contribution >= 4 is 34.5 Å². The summed E-state index contributed by atoms with van der Waals surface area (Å²) < 4.78 is 46.0. The summed E-state index contributed by atoms with van der Waals surface area (Å²) in [6, 6.07) is 7.94. The second-order valence-corrected chi connectivity index (χ2v) is 8.75. The molecule has 1 aliphatic rings. The highest BCUT2D eigenvalue weighted by Gasteiger charge is 2.34.